The lowest BCUT2D eigenvalue weighted by atomic mass is 10.1. The van der Waals surface area contributed by atoms with Crippen molar-refractivity contribution in [3.8, 4) is 11.4 Å². The number of Topliss-reactive ketones (excluding diaryl/α,β-unsaturated/α-hetero) is 1. The largest absolute Gasteiger partial charge is 0.457 e. The molecular formula is C23H19ClF3NO4. The molecule has 9 heteroatoms. The molecule has 32 heavy (non-hydrogen) atoms. The Morgan fingerprint density at radius 2 is 1.78 bits per heavy atom. The average molecular weight is 466 g/mol. The van der Waals surface area contributed by atoms with E-state index in [1.54, 1.807) is 36.6 Å². The number of halogens is 4. The number of carbonyl (C=O) groups is 2. The van der Waals surface area contributed by atoms with Crippen LogP contribution < -0.4 is 4.74 Å². The van der Waals surface area contributed by atoms with Crippen molar-refractivity contribution >= 4 is 23.4 Å². The molecule has 3 aromatic rings. The first-order valence-corrected chi connectivity index (χ1v) is 9.91. The van der Waals surface area contributed by atoms with Crippen molar-refractivity contribution in [2.75, 3.05) is 6.61 Å². The first-order chi connectivity index (χ1) is 15.2. The zero-order valence-corrected chi connectivity index (χ0v) is 18.0. The van der Waals surface area contributed by atoms with E-state index in [1.807, 2.05) is 0 Å². The number of hydrogen-bond acceptors (Lipinski definition) is 4. The molecule has 3 rings (SSSR count). The molecule has 0 atom stereocenters. The number of hydrogen-bond donors (Lipinski definition) is 0. The molecular weight excluding hydrogens is 447 g/mol. The first kappa shape index (κ1) is 23.4. The smallest absolute Gasteiger partial charge is 0.387 e. The van der Waals surface area contributed by atoms with Crippen molar-refractivity contribution in [2.24, 2.45) is 0 Å². The van der Waals surface area contributed by atoms with Gasteiger partial charge >= 0.3 is 12.6 Å². The van der Waals surface area contributed by atoms with Crippen LogP contribution in [0.1, 0.15) is 27.3 Å². The topological polar surface area (TPSA) is 57.5 Å². The average Bonchev–Trinajstić information content (AvgIpc) is 3.03. The van der Waals surface area contributed by atoms with Crippen molar-refractivity contribution < 1.29 is 32.2 Å². The number of nitrogens with zero attached hydrogens (tertiary/aromatic N) is 1. The van der Waals surface area contributed by atoms with Gasteiger partial charge in [0.1, 0.15) is 11.6 Å². The summed E-state index contributed by atoms with van der Waals surface area (Å²) < 4.78 is 49.6. The Morgan fingerprint density at radius 3 is 2.41 bits per heavy atom. The molecule has 0 unspecified atom stereocenters. The highest BCUT2D eigenvalue weighted by Gasteiger charge is 2.19. The van der Waals surface area contributed by atoms with E-state index >= 15 is 0 Å². The first-order valence-electron chi connectivity index (χ1n) is 9.53. The van der Waals surface area contributed by atoms with E-state index in [-0.39, 0.29) is 16.3 Å². The molecule has 1 aromatic heterocycles. The van der Waals surface area contributed by atoms with Crippen LogP contribution in [-0.2, 0) is 16.0 Å². The maximum Gasteiger partial charge on any atom is 0.387 e. The number of ketones is 1. The zero-order valence-electron chi connectivity index (χ0n) is 17.2. The lowest BCUT2D eigenvalue weighted by Crippen LogP contribution is -2.17. The van der Waals surface area contributed by atoms with Crippen molar-refractivity contribution in [3.05, 3.63) is 81.9 Å². The van der Waals surface area contributed by atoms with Gasteiger partial charge in [-0.25, -0.2) is 4.39 Å². The summed E-state index contributed by atoms with van der Waals surface area (Å²) in [5.41, 5.74) is 2.30. The summed E-state index contributed by atoms with van der Waals surface area (Å²) >= 11 is 5.90. The van der Waals surface area contributed by atoms with Gasteiger partial charge in [-0.05, 0) is 56.3 Å². The monoisotopic (exact) mass is 465 g/mol. The number of rotatable bonds is 8. The van der Waals surface area contributed by atoms with Gasteiger partial charge in [-0.1, -0.05) is 17.7 Å². The Bertz CT molecular complexity index is 1120. The fraction of sp³-hybridized carbons (Fsp3) is 0.217. The van der Waals surface area contributed by atoms with Gasteiger partial charge in [0.2, 0.25) is 5.78 Å². The van der Waals surface area contributed by atoms with E-state index in [0.29, 0.717) is 16.9 Å². The number of alkyl halides is 2. The van der Waals surface area contributed by atoms with Gasteiger partial charge < -0.3 is 14.0 Å². The van der Waals surface area contributed by atoms with Crippen molar-refractivity contribution in [2.45, 2.75) is 26.9 Å². The van der Waals surface area contributed by atoms with Crippen LogP contribution >= 0.6 is 11.6 Å². The van der Waals surface area contributed by atoms with Gasteiger partial charge in [0, 0.05) is 33.2 Å². The van der Waals surface area contributed by atoms with E-state index in [1.165, 1.54) is 30.3 Å². The summed E-state index contributed by atoms with van der Waals surface area (Å²) in [7, 11) is 0. The molecule has 1 heterocycles. The van der Waals surface area contributed by atoms with Gasteiger partial charge in [0.15, 0.2) is 6.61 Å². The van der Waals surface area contributed by atoms with E-state index in [9.17, 15) is 22.8 Å². The Balaban J connectivity index is 1.69. The highest BCUT2D eigenvalue weighted by Crippen LogP contribution is 2.24. The molecule has 2 aromatic carbocycles. The molecule has 0 spiro atoms. The third kappa shape index (κ3) is 5.31. The highest BCUT2D eigenvalue weighted by atomic mass is 35.5. The highest BCUT2D eigenvalue weighted by molar-refractivity contribution is 6.31. The number of aromatic nitrogens is 1. The Kier molecular flexibility index (Phi) is 7.25. The van der Waals surface area contributed by atoms with E-state index in [4.69, 9.17) is 16.3 Å². The standard InChI is InChI=1S/C23H19ClF3NO4/c1-13-10-17(14(2)28(13)15-6-8-16(9-7-15)32-23(26)27)21(29)12-31-22(30)11-18-19(24)4-3-5-20(18)25/h3-10,23H,11-12H2,1-2H3. The summed E-state index contributed by atoms with van der Waals surface area (Å²) in [6, 6.07) is 11.7. The molecule has 0 radical (unpaired) electrons. The van der Waals surface area contributed by atoms with Gasteiger partial charge in [0.25, 0.3) is 0 Å². The van der Waals surface area contributed by atoms with Crippen molar-refractivity contribution in [1.82, 2.24) is 4.57 Å². The normalized spacial score (nSPS) is 11.0. The van der Waals surface area contributed by atoms with E-state index in [0.717, 1.165) is 5.69 Å². The predicted octanol–water partition coefficient (Wildman–Crippen LogP) is 5.46. The number of benzene rings is 2. The molecule has 0 amide bonds. The van der Waals surface area contributed by atoms with Crippen LogP contribution in [0.3, 0.4) is 0 Å². The van der Waals surface area contributed by atoms with E-state index < -0.39 is 37.2 Å². The zero-order chi connectivity index (χ0) is 23.4. The predicted molar refractivity (Wildman–Crippen MR) is 112 cm³/mol. The van der Waals surface area contributed by atoms with Crippen LogP contribution in [0.15, 0.2) is 48.5 Å². The summed E-state index contributed by atoms with van der Waals surface area (Å²) in [4.78, 5) is 24.7. The Morgan fingerprint density at radius 1 is 1.09 bits per heavy atom. The van der Waals surface area contributed by atoms with Crippen LogP contribution in [0.4, 0.5) is 13.2 Å². The van der Waals surface area contributed by atoms with E-state index in [2.05, 4.69) is 4.74 Å². The summed E-state index contributed by atoms with van der Waals surface area (Å²) in [5, 5.41) is 0.0989. The summed E-state index contributed by atoms with van der Waals surface area (Å²) in [6.45, 7) is 0.0536. The minimum absolute atomic E-state index is 0.00376. The second-order valence-electron chi connectivity index (χ2n) is 6.95. The van der Waals surface area contributed by atoms with Crippen LogP contribution in [0.25, 0.3) is 5.69 Å². The molecule has 168 valence electrons. The molecule has 0 aliphatic carbocycles. The number of esters is 1. The Hall–Kier alpha value is -3.26. The molecule has 0 fully saturated rings. The van der Waals surface area contributed by atoms with Crippen LogP contribution in [0.5, 0.6) is 5.75 Å². The third-order valence-corrected chi connectivity index (χ3v) is 5.15. The second kappa shape index (κ2) is 9.91. The van der Waals surface area contributed by atoms with Gasteiger partial charge in [-0.15, -0.1) is 0 Å². The van der Waals surface area contributed by atoms with Crippen LogP contribution in [0, 0.1) is 19.7 Å². The SMILES string of the molecule is Cc1cc(C(=O)COC(=O)Cc2c(F)cccc2Cl)c(C)n1-c1ccc(OC(F)F)cc1. The number of carbonyl (C=O) groups excluding carboxylic acids is 2. The fourth-order valence-electron chi connectivity index (χ4n) is 3.34. The minimum Gasteiger partial charge on any atom is -0.457 e. The number of aryl methyl sites for hydroxylation is 1. The van der Waals surface area contributed by atoms with Gasteiger partial charge in [0.05, 0.1) is 6.42 Å². The maximum absolute atomic E-state index is 13.8. The minimum atomic E-state index is -2.92. The third-order valence-electron chi connectivity index (χ3n) is 4.80. The quantitative estimate of drug-likeness (QED) is 0.327. The van der Waals surface area contributed by atoms with Crippen LogP contribution in [-0.4, -0.2) is 29.5 Å². The fourth-order valence-corrected chi connectivity index (χ4v) is 3.57. The Labute approximate surface area is 187 Å². The van der Waals surface area contributed by atoms with Crippen LogP contribution in [0.2, 0.25) is 5.02 Å². The second-order valence-corrected chi connectivity index (χ2v) is 7.36. The molecule has 0 saturated heterocycles. The molecule has 0 aliphatic rings. The summed E-state index contributed by atoms with van der Waals surface area (Å²) in [5.74, 6) is -1.83. The molecule has 5 nitrogen and oxygen atoms in total. The molecule has 0 saturated carbocycles. The molecule has 0 N–H and O–H groups in total. The maximum atomic E-state index is 13.8. The lowest BCUT2D eigenvalue weighted by Gasteiger charge is -2.11. The van der Waals surface area contributed by atoms with Crippen molar-refractivity contribution in [3.63, 3.8) is 0 Å². The molecule has 0 aliphatic heterocycles. The van der Waals surface area contributed by atoms with Gasteiger partial charge in [-0.3, -0.25) is 9.59 Å². The summed E-state index contributed by atoms with van der Waals surface area (Å²) in [6.07, 6.45) is -0.398. The lowest BCUT2D eigenvalue weighted by molar-refractivity contribution is -0.141. The van der Waals surface area contributed by atoms with Crippen molar-refractivity contribution in [1.29, 1.82) is 0 Å². The molecule has 0 bridgehead atoms. The van der Waals surface area contributed by atoms with Gasteiger partial charge in [-0.2, -0.15) is 8.78 Å². The number of ether oxygens (including phenoxy) is 2.